The summed E-state index contributed by atoms with van der Waals surface area (Å²) in [4.78, 5) is 11.9. The SMILES string of the molecule is CCCCCc1nnc(NC(=O)COc2ccc(OCCC)cc2)s1. The van der Waals surface area contributed by atoms with Crippen LogP contribution in [-0.4, -0.2) is 29.3 Å². The minimum atomic E-state index is -0.248. The van der Waals surface area contributed by atoms with Gasteiger partial charge >= 0.3 is 0 Å². The minimum Gasteiger partial charge on any atom is -0.494 e. The van der Waals surface area contributed by atoms with E-state index in [-0.39, 0.29) is 12.5 Å². The molecule has 136 valence electrons. The van der Waals surface area contributed by atoms with Crippen molar-refractivity contribution in [1.29, 1.82) is 0 Å². The Balaban J connectivity index is 1.73. The molecule has 0 fully saturated rings. The maximum absolute atomic E-state index is 11.9. The van der Waals surface area contributed by atoms with E-state index in [2.05, 4.69) is 29.4 Å². The molecule has 1 amide bonds. The number of unbranched alkanes of at least 4 members (excludes halogenated alkanes) is 2. The predicted molar refractivity (Wildman–Crippen MR) is 99.5 cm³/mol. The van der Waals surface area contributed by atoms with E-state index in [1.54, 1.807) is 12.1 Å². The second-order valence-corrected chi connectivity index (χ2v) is 6.68. The van der Waals surface area contributed by atoms with Crippen molar-refractivity contribution in [3.63, 3.8) is 0 Å². The molecule has 0 saturated heterocycles. The summed E-state index contributed by atoms with van der Waals surface area (Å²) in [5, 5.41) is 12.3. The Morgan fingerprint density at radius 2 is 1.76 bits per heavy atom. The van der Waals surface area contributed by atoms with Crippen molar-refractivity contribution in [3.8, 4) is 11.5 Å². The number of carbonyl (C=O) groups excluding carboxylic acids is 1. The van der Waals surface area contributed by atoms with E-state index in [0.717, 1.165) is 30.0 Å². The van der Waals surface area contributed by atoms with E-state index in [4.69, 9.17) is 9.47 Å². The largest absolute Gasteiger partial charge is 0.494 e. The van der Waals surface area contributed by atoms with Crippen molar-refractivity contribution >= 4 is 22.4 Å². The van der Waals surface area contributed by atoms with Gasteiger partial charge in [-0.05, 0) is 37.1 Å². The molecule has 1 aromatic carbocycles. The molecule has 7 heteroatoms. The molecule has 2 rings (SSSR count). The zero-order chi connectivity index (χ0) is 17.9. The van der Waals surface area contributed by atoms with E-state index < -0.39 is 0 Å². The Morgan fingerprint density at radius 1 is 1.04 bits per heavy atom. The molecule has 1 N–H and O–H groups in total. The first-order chi connectivity index (χ1) is 12.2. The fourth-order valence-corrected chi connectivity index (χ4v) is 2.89. The zero-order valence-corrected chi connectivity index (χ0v) is 15.6. The van der Waals surface area contributed by atoms with Crippen molar-refractivity contribution in [1.82, 2.24) is 10.2 Å². The summed E-state index contributed by atoms with van der Waals surface area (Å²) in [6, 6.07) is 7.23. The summed E-state index contributed by atoms with van der Waals surface area (Å²) in [7, 11) is 0. The van der Waals surface area contributed by atoms with E-state index in [9.17, 15) is 4.79 Å². The quantitative estimate of drug-likeness (QED) is 0.609. The second kappa shape index (κ2) is 10.7. The molecule has 1 aromatic heterocycles. The van der Waals surface area contributed by atoms with Crippen LogP contribution in [0, 0.1) is 0 Å². The summed E-state index contributed by atoms with van der Waals surface area (Å²) in [5.74, 6) is 1.17. The number of ether oxygens (including phenoxy) is 2. The minimum absolute atomic E-state index is 0.0695. The highest BCUT2D eigenvalue weighted by atomic mass is 32.1. The molecule has 0 bridgehead atoms. The van der Waals surface area contributed by atoms with Crippen LogP contribution in [0.3, 0.4) is 0 Å². The molecule has 0 aliphatic heterocycles. The summed E-state index contributed by atoms with van der Waals surface area (Å²) < 4.78 is 11.0. The highest BCUT2D eigenvalue weighted by molar-refractivity contribution is 7.15. The van der Waals surface area contributed by atoms with Gasteiger partial charge in [0.25, 0.3) is 5.91 Å². The van der Waals surface area contributed by atoms with Crippen LogP contribution in [0.1, 0.15) is 44.5 Å². The summed E-state index contributed by atoms with van der Waals surface area (Å²) in [6.45, 7) is 4.84. The Labute approximate surface area is 152 Å². The van der Waals surface area contributed by atoms with Gasteiger partial charge in [0.15, 0.2) is 6.61 Å². The maximum atomic E-state index is 11.9. The highest BCUT2D eigenvalue weighted by Crippen LogP contribution is 2.19. The monoisotopic (exact) mass is 363 g/mol. The molecule has 25 heavy (non-hydrogen) atoms. The van der Waals surface area contributed by atoms with Crippen molar-refractivity contribution in [2.75, 3.05) is 18.5 Å². The Kier molecular flexibility index (Phi) is 8.18. The average Bonchev–Trinajstić information content (AvgIpc) is 3.06. The van der Waals surface area contributed by atoms with Crippen LogP contribution in [0.2, 0.25) is 0 Å². The first kappa shape index (κ1) is 19.2. The van der Waals surface area contributed by atoms with E-state index in [1.165, 1.54) is 24.2 Å². The third-order valence-corrected chi connectivity index (χ3v) is 4.27. The lowest BCUT2D eigenvalue weighted by atomic mass is 10.2. The van der Waals surface area contributed by atoms with Crippen molar-refractivity contribution in [3.05, 3.63) is 29.3 Å². The number of aromatic nitrogens is 2. The van der Waals surface area contributed by atoms with Gasteiger partial charge in [-0.2, -0.15) is 0 Å². The number of benzene rings is 1. The fourth-order valence-electron chi connectivity index (χ4n) is 2.09. The fraction of sp³-hybridized carbons (Fsp3) is 0.500. The normalized spacial score (nSPS) is 10.5. The smallest absolute Gasteiger partial charge is 0.264 e. The average molecular weight is 363 g/mol. The lowest BCUT2D eigenvalue weighted by Crippen LogP contribution is -2.20. The standard InChI is InChI=1S/C18H25N3O3S/c1-3-5-6-7-17-20-21-18(25-17)19-16(22)13-24-15-10-8-14(9-11-15)23-12-4-2/h8-11H,3-7,12-13H2,1-2H3,(H,19,21,22). The number of hydrogen-bond donors (Lipinski definition) is 1. The molecule has 0 atom stereocenters. The summed E-state index contributed by atoms with van der Waals surface area (Å²) in [6.07, 6.45) is 5.32. The van der Waals surface area contributed by atoms with Crippen LogP contribution in [0.4, 0.5) is 5.13 Å². The van der Waals surface area contributed by atoms with Gasteiger partial charge in [0.2, 0.25) is 5.13 Å². The van der Waals surface area contributed by atoms with Crippen LogP contribution < -0.4 is 14.8 Å². The van der Waals surface area contributed by atoms with Gasteiger partial charge in [-0.1, -0.05) is 38.0 Å². The van der Waals surface area contributed by atoms with Crippen LogP contribution >= 0.6 is 11.3 Å². The van der Waals surface area contributed by atoms with Gasteiger partial charge in [-0.25, -0.2) is 0 Å². The third-order valence-electron chi connectivity index (χ3n) is 3.37. The van der Waals surface area contributed by atoms with Crippen LogP contribution in [0.15, 0.2) is 24.3 Å². The number of nitrogens with one attached hydrogen (secondary N) is 1. The van der Waals surface area contributed by atoms with Crippen LogP contribution in [0.5, 0.6) is 11.5 Å². The molecule has 2 aromatic rings. The molecule has 6 nitrogen and oxygen atoms in total. The second-order valence-electron chi connectivity index (χ2n) is 5.61. The third kappa shape index (κ3) is 7.09. The molecule has 0 spiro atoms. The zero-order valence-electron chi connectivity index (χ0n) is 14.8. The number of nitrogens with zero attached hydrogens (tertiary/aromatic N) is 2. The first-order valence-corrected chi connectivity index (χ1v) is 9.50. The molecule has 0 radical (unpaired) electrons. The Hall–Kier alpha value is -2.15. The van der Waals surface area contributed by atoms with Gasteiger partial charge in [-0.3, -0.25) is 10.1 Å². The number of rotatable bonds is 11. The van der Waals surface area contributed by atoms with Gasteiger partial charge in [0.05, 0.1) is 6.61 Å². The lowest BCUT2D eigenvalue weighted by molar-refractivity contribution is -0.118. The van der Waals surface area contributed by atoms with Crippen molar-refractivity contribution < 1.29 is 14.3 Å². The van der Waals surface area contributed by atoms with Gasteiger partial charge in [0, 0.05) is 6.42 Å². The van der Waals surface area contributed by atoms with Crippen LogP contribution in [-0.2, 0) is 11.2 Å². The number of aryl methyl sites for hydroxylation is 1. The van der Waals surface area contributed by atoms with Crippen molar-refractivity contribution in [2.45, 2.75) is 46.0 Å². The molecule has 0 unspecified atom stereocenters. The molecule has 0 aliphatic carbocycles. The van der Waals surface area contributed by atoms with Crippen LogP contribution in [0.25, 0.3) is 0 Å². The summed E-state index contributed by atoms with van der Waals surface area (Å²) >= 11 is 1.42. The molecular weight excluding hydrogens is 338 g/mol. The maximum Gasteiger partial charge on any atom is 0.264 e. The lowest BCUT2D eigenvalue weighted by Gasteiger charge is -2.07. The number of anilines is 1. The Morgan fingerprint density at radius 3 is 2.44 bits per heavy atom. The van der Waals surface area contributed by atoms with Gasteiger partial charge in [-0.15, -0.1) is 10.2 Å². The molecule has 0 aliphatic rings. The van der Waals surface area contributed by atoms with Gasteiger partial charge in [0.1, 0.15) is 16.5 Å². The van der Waals surface area contributed by atoms with E-state index >= 15 is 0 Å². The van der Waals surface area contributed by atoms with Gasteiger partial charge < -0.3 is 9.47 Å². The number of amides is 1. The highest BCUT2D eigenvalue weighted by Gasteiger charge is 2.09. The first-order valence-electron chi connectivity index (χ1n) is 8.69. The molecular formula is C18H25N3O3S. The molecule has 0 saturated carbocycles. The summed E-state index contributed by atoms with van der Waals surface area (Å²) in [5.41, 5.74) is 0. The number of carbonyl (C=O) groups is 1. The van der Waals surface area contributed by atoms with Crippen molar-refractivity contribution in [2.24, 2.45) is 0 Å². The Bertz CT molecular complexity index is 643. The topological polar surface area (TPSA) is 73.3 Å². The van der Waals surface area contributed by atoms with E-state index in [0.29, 0.717) is 17.5 Å². The van der Waals surface area contributed by atoms with E-state index in [1.807, 2.05) is 12.1 Å². The predicted octanol–water partition coefficient (Wildman–Crippen LogP) is 4.08. The molecule has 1 heterocycles. The number of hydrogen-bond acceptors (Lipinski definition) is 6.